The number of halogens is 1. The number of benzene rings is 1. The van der Waals surface area contributed by atoms with Gasteiger partial charge in [0.25, 0.3) is 5.91 Å². The lowest BCUT2D eigenvalue weighted by Crippen LogP contribution is -2.31. The van der Waals surface area contributed by atoms with Gasteiger partial charge in [-0.2, -0.15) is 0 Å². The number of rotatable bonds is 7. The van der Waals surface area contributed by atoms with Gasteiger partial charge in [-0.15, -0.1) is 0 Å². The molecule has 1 fully saturated rings. The molecule has 1 aromatic carbocycles. The summed E-state index contributed by atoms with van der Waals surface area (Å²) in [5, 5.41) is 3.24. The van der Waals surface area contributed by atoms with E-state index < -0.39 is 0 Å². The fraction of sp³-hybridized carbons (Fsp3) is 0.588. The lowest BCUT2D eigenvalue weighted by Gasteiger charge is -2.16. The van der Waals surface area contributed by atoms with Crippen molar-refractivity contribution in [3.63, 3.8) is 0 Å². The largest absolute Gasteiger partial charge is 0.493 e. The van der Waals surface area contributed by atoms with Crippen molar-refractivity contribution in [2.45, 2.75) is 32.8 Å². The van der Waals surface area contributed by atoms with Crippen LogP contribution in [0, 0.1) is 5.92 Å². The molecule has 23 heavy (non-hydrogen) atoms. The molecule has 0 spiro atoms. The van der Waals surface area contributed by atoms with E-state index in [-0.39, 0.29) is 12.0 Å². The minimum absolute atomic E-state index is 0.102. The van der Waals surface area contributed by atoms with Gasteiger partial charge in [0.1, 0.15) is 0 Å². The van der Waals surface area contributed by atoms with Gasteiger partial charge in [-0.05, 0) is 30.9 Å². The molecule has 0 bridgehead atoms. The monoisotopic (exact) mass is 341 g/mol. The van der Waals surface area contributed by atoms with Gasteiger partial charge < -0.3 is 19.5 Å². The first-order chi connectivity index (χ1) is 11.0. The van der Waals surface area contributed by atoms with Crippen LogP contribution in [-0.4, -0.2) is 38.9 Å². The lowest BCUT2D eigenvalue weighted by molar-refractivity contribution is 0.0857. The highest BCUT2D eigenvalue weighted by Gasteiger charge is 2.19. The number of hydrogen-bond donors (Lipinski definition) is 1. The Bertz CT molecular complexity index is 542. The molecule has 128 valence electrons. The van der Waals surface area contributed by atoms with Crippen LogP contribution in [-0.2, 0) is 4.74 Å². The van der Waals surface area contributed by atoms with Gasteiger partial charge in [-0.25, -0.2) is 0 Å². The Hall–Kier alpha value is -1.46. The zero-order valence-electron chi connectivity index (χ0n) is 13.9. The molecule has 1 amide bonds. The molecule has 0 aromatic heterocycles. The number of carbonyl (C=O) groups is 1. The minimum atomic E-state index is -0.198. The van der Waals surface area contributed by atoms with Gasteiger partial charge in [0.15, 0.2) is 11.5 Å². The Morgan fingerprint density at radius 2 is 2.26 bits per heavy atom. The fourth-order valence-electron chi connectivity index (χ4n) is 2.35. The standard InChI is InChI=1S/C17H24ClNO4/c1-11(2)10-23-16-14(18)7-12(8-15(16)21-3)17(20)19-9-13-5-4-6-22-13/h7-8,11,13H,4-6,9-10H2,1-3H3,(H,19,20)/t13-/m0/s1. The molecule has 0 saturated carbocycles. The summed E-state index contributed by atoms with van der Waals surface area (Å²) in [4.78, 5) is 12.3. The Morgan fingerprint density at radius 1 is 1.48 bits per heavy atom. The zero-order valence-corrected chi connectivity index (χ0v) is 14.6. The van der Waals surface area contributed by atoms with Crippen molar-refractivity contribution in [1.29, 1.82) is 0 Å². The zero-order chi connectivity index (χ0) is 16.8. The van der Waals surface area contributed by atoms with Crippen LogP contribution in [0.15, 0.2) is 12.1 Å². The first-order valence-corrected chi connectivity index (χ1v) is 8.29. The summed E-state index contributed by atoms with van der Waals surface area (Å²) in [6, 6.07) is 3.25. The molecule has 1 aliphatic rings. The van der Waals surface area contributed by atoms with Crippen LogP contribution in [0.1, 0.15) is 37.0 Å². The normalized spacial score (nSPS) is 17.3. The van der Waals surface area contributed by atoms with Crippen molar-refractivity contribution < 1.29 is 19.0 Å². The Labute approximate surface area is 142 Å². The fourth-order valence-corrected chi connectivity index (χ4v) is 2.62. The molecule has 1 aromatic rings. The smallest absolute Gasteiger partial charge is 0.251 e. The maximum absolute atomic E-state index is 12.3. The Kier molecular flexibility index (Phi) is 6.54. The van der Waals surface area contributed by atoms with E-state index in [4.69, 9.17) is 25.8 Å². The summed E-state index contributed by atoms with van der Waals surface area (Å²) in [7, 11) is 1.53. The van der Waals surface area contributed by atoms with Crippen LogP contribution in [0.4, 0.5) is 0 Å². The van der Waals surface area contributed by atoms with Crippen molar-refractivity contribution >= 4 is 17.5 Å². The SMILES string of the molecule is COc1cc(C(=O)NC[C@@H]2CCCO2)cc(Cl)c1OCC(C)C. The summed E-state index contributed by atoms with van der Waals surface area (Å²) in [5.41, 5.74) is 0.446. The second kappa shape index (κ2) is 8.41. The summed E-state index contributed by atoms with van der Waals surface area (Å²) in [6.07, 6.45) is 2.12. The highest BCUT2D eigenvalue weighted by molar-refractivity contribution is 6.32. The Balaban J connectivity index is 2.06. The first-order valence-electron chi connectivity index (χ1n) is 7.91. The molecule has 0 unspecified atom stereocenters. The maximum atomic E-state index is 12.3. The molecular formula is C17H24ClNO4. The van der Waals surface area contributed by atoms with Crippen molar-refractivity contribution in [3.8, 4) is 11.5 Å². The number of hydrogen-bond acceptors (Lipinski definition) is 4. The van der Waals surface area contributed by atoms with Crippen molar-refractivity contribution in [3.05, 3.63) is 22.7 Å². The second-order valence-electron chi connectivity index (χ2n) is 6.04. The van der Waals surface area contributed by atoms with Crippen LogP contribution < -0.4 is 14.8 Å². The van der Waals surface area contributed by atoms with Crippen LogP contribution >= 0.6 is 11.6 Å². The highest BCUT2D eigenvalue weighted by atomic mass is 35.5. The highest BCUT2D eigenvalue weighted by Crippen LogP contribution is 2.36. The van der Waals surface area contributed by atoms with Gasteiger partial charge in [0, 0.05) is 18.7 Å². The predicted molar refractivity (Wildman–Crippen MR) is 89.6 cm³/mol. The first kappa shape index (κ1) is 17.9. The van der Waals surface area contributed by atoms with Crippen molar-refractivity contribution in [2.75, 3.05) is 26.9 Å². The maximum Gasteiger partial charge on any atom is 0.251 e. The third kappa shape index (κ3) is 5.01. The molecule has 2 rings (SSSR count). The van der Waals surface area contributed by atoms with Crippen molar-refractivity contribution in [1.82, 2.24) is 5.32 Å². The summed E-state index contributed by atoms with van der Waals surface area (Å²) in [5.74, 6) is 1.10. The van der Waals surface area contributed by atoms with Crippen LogP contribution in [0.2, 0.25) is 5.02 Å². The summed E-state index contributed by atoms with van der Waals surface area (Å²) >= 11 is 6.26. The van der Waals surface area contributed by atoms with Gasteiger partial charge >= 0.3 is 0 Å². The molecule has 1 N–H and O–H groups in total. The molecule has 0 aliphatic carbocycles. The van der Waals surface area contributed by atoms with E-state index >= 15 is 0 Å². The second-order valence-corrected chi connectivity index (χ2v) is 6.45. The van der Waals surface area contributed by atoms with E-state index in [2.05, 4.69) is 5.32 Å². The van der Waals surface area contributed by atoms with Crippen molar-refractivity contribution in [2.24, 2.45) is 5.92 Å². The van der Waals surface area contributed by atoms with Crippen LogP contribution in [0.5, 0.6) is 11.5 Å². The predicted octanol–water partition coefficient (Wildman–Crippen LogP) is 3.29. The third-order valence-corrected chi connectivity index (χ3v) is 3.85. The van der Waals surface area contributed by atoms with Crippen LogP contribution in [0.25, 0.3) is 0 Å². The number of ether oxygens (including phenoxy) is 3. The van der Waals surface area contributed by atoms with Gasteiger partial charge in [0.05, 0.1) is 24.8 Å². The minimum Gasteiger partial charge on any atom is -0.493 e. The summed E-state index contributed by atoms with van der Waals surface area (Å²) < 4.78 is 16.5. The van der Waals surface area contributed by atoms with E-state index in [1.165, 1.54) is 7.11 Å². The van der Waals surface area contributed by atoms with Gasteiger partial charge in [-0.1, -0.05) is 25.4 Å². The van der Waals surface area contributed by atoms with Gasteiger partial charge in [-0.3, -0.25) is 4.79 Å². The lowest BCUT2D eigenvalue weighted by atomic mass is 10.1. The Morgan fingerprint density at radius 3 is 2.87 bits per heavy atom. The van der Waals surface area contributed by atoms with Gasteiger partial charge in [0.2, 0.25) is 0 Å². The van der Waals surface area contributed by atoms with E-state index in [0.29, 0.717) is 41.2 Å². The van der Waals surface area contributed by atoms with E-state index in [1.807, 2.05) is 13.8 Å². The molecule has 1 heterocycles. The quantitative estimate of drug-likeness (QED) is 0.826. The molecule has 1 aliphatic heterocycles. The van der Waals surface area contributed by atoms with E-state index in [1.54, 1.807) is 12.1 Å². The van der Waals surface area contributed by atoms with Crippen LogP contribution in [0.3, 0.4) is 0 Å². The molecule has 5 nitrogen and oxygen atoms in total. The molecule has 1 saturated heterocycles. The van der Waals surface area contributed by atoms with E-state index in [0.717, 1.165) is 19.4 Å². The molecule has 1 atom stereocenters. The summed E-state index contributed by atoms with van der Waals surface area (Å²) in [6.45, 7) is 5.90. The average Bonchev–Trinajstić information content (AvgIpc) is 3.03. The number of methoxy groups -OCH3 is 1. The topological polar surface area (TPSA) is 56.8 Å². The number of carbonyl (C=O) groups excluding carboxylic acids is 1. The molecule has 0 radical (unpaired) electrons. The average molecular weight is 342 g/mol. The van der Waals surface area contributed by atoms with E-state index in [9.17, 15) is 4.79 Å². The third-order valence-electron chi connectivity index (χ3n) is 3.57. The molecular weight excluding hydrogens is 318 g/mol. The number of nitrogens with one attached hydrogen (secondary N) is 1. The molecule has 6 heteroatoms. The number of amides is 1.